The van der Waals surface area contributed by atoms with Crippen LogP contribution in [0.5, 0.6) is 5.75 Å². The Morgan fingerprint density at radius 1 is 1.31 bits per heavy atom. The molecule has 80 valence electrons. The van der Waals surface area contributed by atoms with Crippen LogP contribution in [0, 0.1) is 0 Å². The molecule has 0 amide bonds. The SMILES string of the molecule is COc1ccc2c(ccn3cc(Br)nc23)c1. The van der Waals surface area contributed by atoms with E-state index in [0.717, 1.165) is 26.8 Å². The second-order valence-corrected chi connectivity index (χ2v) is 4.38. The summed E-state index contributed by atoms with van der Waals surface area (Å²) in [6.45, 7) is 0. The molecule has 0 aliphatic rings. The highest BCUT2D eigenvalue weighted by molar-refractivity contribution is 9.10. The molecule has 0 saturated heterocycles. The summed E-state index contributed by atoms with van der Waals surface area (Å²) in [5, 5.41) is 2.25. The van der Waals surface area contributed by atoms with Gasteiger partial charge in [0.05, 0.1) is 7.11 Å². The van der Waals surface area contributed by atoms with E-state index in [0.29, 0.717) is 0 Å². The quantitative estimate of drug-likeness (QED) is 0.682. The fraction of sp³-hybridized carbons (Fsp3) is 0.0833. The van der Waals surface area contributed by atoms with Crippen molar-refractivity contribution < 1.29 is 4.74 Å². The van der Waals surface area contributed by atoms with Crippen LogP contribution in [0.25, 0.3) is 16.4 Å². The summed E-state index contributed by atoms with van der Waals surface area (Å²) in [4.78, 5) is 4.44. The maximum absolute atomic E-state index is 5.20. The molecule has 2 aromatic heterocycles. The molecule has 0 radical (unpaired) electrons. The van der Waals surface area contributed by atoms with Crippen molar-refractivity contribution in [2.24, 2.45) is 0 Å². The van der Waals surface area contributed by atoms with E-state index >= 15 is 0 Å². The first kappa shape index (κ1) is 9.66. The van der Waals surface area contributed by atoms with Gasteiger partial charge in [-0.2, -0.15) is 0 Å². The summed E-state index contributed by atoms with van der Waals surface area (Å²) < 4.78 is 8.05. The highest BCUT2D eigenvalue weighted by atomic mass is 79.9. The molecule has 3 rings (SSSR count). The number of nitrogens with zero attached hydrogens (tertiary/aromatic N) is 2. The van der Waals surface area contributed by atoms with Crippen molar-refractivity contribution in [1.29, 1.82) is 0 Å². The molecule has 0 aliphatic heterocycles. The lowest BCUT2D eigenvalue weighted by Crippen LogP contribution is -1.86. The molecular weight excluding hydrogens is 268 g/mol. The van der Waals surface area contributed by atoms with Gasteiger partial charge in [-0.3, -0.25) is 0 Å². The molecule has 4 heteroatoms. The molecule has 3 nitrogen and oxygen atoms in total. The highest BCUT2D eigenvalue weighted by Crippen LogP contribution is 2.25. The smallest absolute Gasteiger partial charge is 0.145 e. The average Bonchev–Trinajstić information content (AvgIpc) is 2.69. The second kappa shape index (κ2) is 3.49. The molecule has 0 spiro atoms. The zero-order valence-corrected chi connectivity index (χ0v) is 10.2. The minimum Gasteiger partial charge on any atom is -0.497 e. The van der Waals surface area contributed by atoms with Crippen LogP contribution < -0.4 is 4.74 Å². The number of benzene rings is 1. The minimum absolute atomic E-state index is 0.843. The fourth-order valence-corrected chi connectivity index (χ4v) is 2.24. The maximum Gasteiger partial charge on any atom is 0.145 e. The third-order valence-electron chi connectivity index (χ3n) is 2.62. The molecule has 0 unspecified atom stereocenters. The zero-order valence-electron chi connectivity index (χ0n) is 8.64. The van der Waals surface area contributed by atoms with E-state index in [4.69, 9.17) is 4.74 Å². The third-order valence-corrected chi connectivity index (χ3v) is 3.00. The Balaban J connectivity index is 2.42. The third kappa shape index (κ3) is 1.38. The molecule has 0 bridgehead atoms. The Hall–Kier alpha value is -1.55. The number of hydrogen-bond donors (Lipinski definition) is 0. The van der Waals surface area contributed by atoms with Gasteiger partial charge in [0, 0.05) is 17.8 Å². The van der Waals surface area contributed by atoms with Crippen LogP contribution in [0.2, 0.25) is 0 Å². The first-order valence-corrected chi connectivity index (χ1v) is 5.68. The van der Waals surface area contributed by atoms with Crippen molar-refractivity contribution in [3.8, 4) is 5.75 Å². The van der Waals surface area contributed by atoms with Gasteiger partial charge in [-0.25, -0.2) is 4.98 Å². The number of hydrogen-bond acceptors (Lipinski definition) is 2. The molecule has 0 aliphatic carbocycles. The summed E-state index contributed by atoms with van der Waals surface area (Å²) >= 11 is 3.38. The van der Waals surface area contributed by atoms with Crippen LogP contribution >= 0.6 is 15.9 Å². The van der Waals surface area contributed by atoms with Crippen LogP contribution in [-0.2, 0) is 0 Å². The summed E-state index contributed by atoms with van der Waals surface area (Å²) in [7, 11) is 1.67. The van der Waals surface area contributed by atoms with E-state index < -0.39 is 0 Å². The molecule has 0 fully saturated rings. The van der Waals surface area contributed by atoms with Crippen molar-refractivity contribution in [1.82, 2.24) is 9.38 Å². The lowest BCUT2D eigenvalue weighted by Gasteiger charge is -2.03. The Kier molecular flexibility index (Phi) is 2.11. The Morgan fingerprint density at radius 2 is 2.19 bits per heavy atom. The van der Waals surface area contributed by atoms with Crippen molar-refractivity contribution in [3.63, 3.8) is 0 Å². The number of imidazole rings is 1. The minimum atomic E-state index is 0.843. The van der Waals surface area contributed by atoms with Crippen molar-refractivity contribution in [2.75, 3.05) is 7.11 Å². The molecule has 2 heterocycles. The number of rotatable bonds is 1. The first-order valence-electron chi connectivity index (χ1n) is 4.89. The maximum atomic E-state index is 5.20. The molecule has 3 aromatic rings. The number of fused-ring (bicyclic) bond motifs is 3. The monoisotopic (exact) mass is 276 g/mol. The largest absolute Gasteiger partial charge is 0.497 e. The normalized spacial score (nSPS) is 11.1. The van der Waals surface area contributed by atoms with Crippen LogP contribution in [0.4, 0.5) is 0 Å². The van der Waals surface area contributed by atoms with E-state index in [1.54, 1.807) is 7.11 Å². The van der Waals surface area contributed by atoms with Gasteiger partial charge in [-0.05, 0) is 45.6 Å². The molecule has 0 saturated carbocycles. The van der Waals surface area contributed by atoms with E-state index in [-0.39, 0.29) is 0 Å². The van der Waals surface area contributed by atoms with Crippen molar-refractivity contribution in [3.05, 3.63) is 41.3 Å². The van der Waals surface area contributed by atoms with Gasteiger partial charge in [0.25, 0.3) is 0 Å². The van der Waals surface area contributed by atoms with Gasteiger partial charge in [0.1, 0.15) is 16.0 Å². The van der Waals surface area contributed by atoms with E-state index in [2.05, 4.69) is 27.0 Å². The fourth-order valence-electron chi connectivity index (χ4n) is 1.85. The summed E-state index contributed by atoms with van der Waals surface area (Å²) in [5.74, 6) is 0.863. The van der Waals surface area contributed by atoms with Crippen molar-refractivity contribution in [2.45, 2.75) is 0 Å². The van der Waals surface area contributed by atoms with Crippen LogP contribution in [0.15, 0.2) is 41.3 Å². The summed E-state index contributed by atoms with van der Waals surface area (Å²) in [6.07, 6.45) is 3.94. The van der Waals surface area contributed by atoms with Gasteiger partial charge in [0.2, 0.25) is 0 Å². The number of methoxy groups -OCH3 is 1. The van der Waals surface area contributed by atoms with Crippen LogP contribution in [0.1, 0.15) is 0 Å². The summed E-state index contributed by atoms with van der Waals surface area (Å²) in [5.41, 5.74) is 0.951. The Labute approximate surface area is 101 Å². The van der Waals surface area contributed by atoms with E-state index in [1.807, 2.05) is 35.0 Å². The predicted octanol–water partition coefficient (Wildman–Crippen LogP) is 3.26. The molecule has 0 atom stereocenters. The molecule has 16 heavy (non-hydrogen) atoms. The van der Waals surface area contributed by atoms with Gasteiger partial charge in [0.15, 0.2) is 0 Å². The van der Waals surface area contributed by atoms with Gasteiger partial charge >= 0.3 is 0 Å². The van der Waals surface area contributed by atoms with E-state index in [1.165, 1.54) is 0 Å². The van der Waals surface area contributed by atoms with E-state index in [9.17, 15) is 0 Å². The van der Waals surface area contributed by atoms with Gasteiger partial charge in [-0.1, -0.05) is 0 Å². The lowest BCUT2D eigenvalue weighted by atomic mass is 10.1. The highest BCUT2D eigenvalue weighted by Gasteiger charge is 2.04. The van der Waals surface area contributed by atoms with Gasteiger partial charge in [-0.15, -0.1) is 0 Å². The lowest BCUT2D eigenvalue weighted by molar-refractivity contribution is 0.415. The number of ether oxygens (including phenoxy) is 1. The van der Waals surface area contributed by atoms with Crippen LogP contribution in [0.3, 0.4) is 0 Å². The first-order chi connectivity index (χ1) is 7.78. The van der Waals surface area contributed by atoms with Crippen molar-refractivity contribution >= 4 is 32.3 Å². The zero-order chi connectivity index (χ0) is 11.1. The molecular formula is C12H9BrN2O. The van der Waals surface area contributed by atoms with Gasteiger partial charge < -0.3 is 9.14 Å². The summed E-state index contributed by atoms with van der Waals surface area (Å²) in [6, 6.07) is 8.05. The number of pyridine rings is 1. The molecule has 1 aromatic carbocycles. The number of halogens is 1. The predicted molar refractivity (Wildman–Crippen MR) is 67.0 cm³/mol. The topological polar surface area (TPSA) is 26.5 Å². The average molecular weight is 277 g/mol. The standard InChI is InChI=1S/C12H9BrN2O/c1-16-9-2-3-10-8(6-9)4-5-15-7-11(13)14-12(10)15/h2-7H,1H3. The number of aromatic nitrogens is 2. The molecule has 0 N–H and O–H groups in total. The van der Waals surface area contributed by atoms with Crippen LogP contribution in [-0.4, -0.2) is 16.5 Å². The second-order valence-electron chi connectivity index (χ2n) is 3.56. The Bertz CT molecular complexity index is 675. The Morgan fingerprint density at radius 3 is 3.00 bits per heavy atom.